The summed E-state index contributed by atoms with van der Waals surface area (Å²) < 4.78 is 21.6. The van der Waals surface area contributed by atoms with E-state index in [1.165, 1.54) is 12.1 Å². The van der Waals surface area contributed by atoms with Crippen LogP contribution in [-0.2, 0) is 16.0 Å². The summed E-state index contributed by atoms with van der Waals surface area (Å²) in [6.45, 7) is 2.77. The number of esters is 1. The molecule has 1 aromatic heterocycles. The predicted octanol–water partition coefficient (Wildman–Crippen LogP) is 3.25. The number of fused-ring (bicyclic) bond motifs is 1. The standard InChI is InChI=1S/C25H25NO7/c1-2-16-6-3-4-8-21(16)31-15-23(27)32-18-10-9-17-12-20(25(29)33-22(17)13-18)24(28)26-14-19-7-5-11-30-19/h3-4,6,8-10,12-13,19H,2,5,7,11,14-15H2,1H3,(H,26,28). The molecule has 1 fully saturated rings. The fourth-order valence-electron chi connectivity index (χ4n) is 3.65. The minimum Gasteiger partial charge on any atom is -0.482 e. The first kappa shape index (κ1) is 22.5. The Kier molecular flexibility index (Phi) is 7.04. The van der Waals surface area contributed by atoms with Crippen molar-refractivity contribution in [1.29, 1.82) is 0 Å². The van der Waals surface area contributed by atoms with Crippen LogP contribution >= 0.6 is 0 Å². The molecule has 1 saturated heterocycles. The monoisotopic (exact) mass is 451 g/mol. The van der Waals surface area contributed by atoms with Gasteiger partial charge in [0.15, 0.2) is 6.61 Å². The maximum atomic E-state index is 12.4. The molecule has 1 N–H and O–H groups in total. The molecule has 1 aliphatic rings. The fraction of sp³-hybridized carbons (Fsp3) is 0.320. The predicted molar refractivity (Wildman–Crippen MR) is 121 cm³/mol. The van der Waals surface area contributed by atoms with Crippen molar-refractivity contribution in [3.05, 3.63) is 70.1 Å². The molecule has 8 heteroatoms. The molecule has 1 aliphatic heterocycles. The molecule has 3 aromatic rings. The van der Waals surface area contributed by atoms with Crippen molar-refractivity contribution < 1.29 is 28.2 Å². The number of carbonyl (C=O) groups excluding carboxylic acids is 2. The number of hydrogen-bond donors (Lipinski definition) is 1. The zero-order valence-corrected chi connectivity index (χ0v) is 18.3. The molecule has 4 rings (SSSR count). The lowest BCUT2D eigenvalue weighted by Gasteiger charge is -2.11. The second kappa shape index (κ2) is 10.3. The van der Waals surface area contributed by atoms with Gasteiger partial charge in [-0.05, 0) is 49.1 Å². The summed E-state index contributed by atoms with van der Waals surface area (Å²) in [7, 11) is 0. The Morgan fingerprint density at radius 2 is 2.00 bits per heavy atom. The van der Waals surface area contributed by atoms with Crippen LogP contribution in [0.2, 0.25) is 0 Å². The zero-order valence-electron chi connectivity index (χ0n) is 18.3. The third-order valence-corrected chi connectivity index (χ3v) is 5.40. The van der Waals surface area contributed by atoms with E-state index in [-0.39, 0.29) is 29.6 Å². The van der Waals surface area contributed by atoms with Gasteiger partial charge in [0.1, 0.15) is 22.6 Å². The number of ether oxygens (including phenoxy) is 3. The lowest BCUT2D eigenvalue weighted by atomic mass is 10.1. The van der Waals surface area contributed by atoms with Crippen molar-refractivity contribution in [2.24, 2.45) is 0 Å². The normalized spacial score (nSPS) is 15.4. The number of aryl methyl sites for hydroxylation is 1. The SMILES string of the molecule is CCc1ccccc1OCC(=O)Oc1ccc2cc(C(=O)NCC3CCCO3)c(=O)oc2c1. The third kappa shape index (κ3) is 5.59. The lowest BCUT2D eigenvalue weighted by Crippen LogP contribution is -2.34. The van der Waals surface area contributed by atoms with Gasteiger partial charge in [-0.25, -0.2) is 9.59 Å². The molecule has 2 heterocycles. The van der Waals surface area contributed by atoms with Gasteiger partial charge in [0.05, 0.1) is 6.10 Å². The van der Waals surface area contributed by atoms with E-state index in [4.69, 9.17) is 18.6 Å². The second-order valence-electron chi connectivity index (χ2n) is 7.72. The number of nitrogens with one attached hydrogen (secondary N) is 1. The van der Waals surface area contributed by atoms with Gasteiger partial charge < -0.3 is 23.9 Å². The Morgan fingerprint density at radius 1 is 1.15 bits per heavy atom. The van der Waals surface area contributed by atoms with Crippen molar-refractivity contribution in [3.63, 3.8) is 0 Å². The van der Waals surface area contributed by atoms with Crippen molar-refractivity contribution in [1.82, 2.24) is 5.32 Å². The molecule has 2 aromatic carbocycles. The van der Waals surface area contributed by atoms with Crippen LogP contribution in [0.15, 0.2) is 57.7 Å². The highest BCUT2D eigenvalue weighted by Crippen LogP contribution is 2.22. The van der Waals surface area contributed by atoms with E-state index in [1.807, 2.05) is 25.1 Å². The Balaban J connectivity index is 1.40. The highest BCUT2D eigenvalue weighted by molar-refractivity contribution is 5.96. The van der Waals surface area contributed by atoms with Crippen LogP contribution in [0.25, 0.3) is 11.0 Å². The van der Waals surface area contributed by atoms with Crippen molar-refractivity contribution >= 4 is 22.8 Å². The van der Waals surface area contributed by atoms with Gasteiger partial charge in [0.2, 0.25) is 0 Å². The van der Waals surface area contributed by atoms with Crippen LogP contribution in [0, 0.1) is 0 Å². The number of rotatable bonds is 8. The first-order chi connectivity index (χ1) is 16.0. The van der Waals surface area contributed by atoms with Crippen LogP contribution in [0.5, 0.6) is 11.5 Å². The van der Waals surface area contributed by atoms with Gasteiger partial charge >= 0.3 is 11.6 Å². The van der Waals surface area contributed by atoms with Gasteiger partial charge in [-0.15, -0.1) is 0 Å². The van der Waals surface area contributed by atoms with Gasteiger partial charge in [-0.2, -0.15) is 0 Å². The van der Waals surface area contributed by atoms with Gasteiger partial charge in [-0.1, -0.05) is 25.1 Å². The van der Waals surface area contributed by atoms with E-state index in [1.54, 1.807) is 18.2 Å². The van der Waals surface area contributed by atoms with Gasteiger partial charge in [-0.3, -0.25) is 4.79 Å². The molecule has 0 spiro atoms. The summed E-state index contributed by atoms with van der Waals surface area (Å²) in [5.41, 5.74) is 0.343. The smallest absolute Gasteiger partial charge is 0.349 e. The summed E-state index contributed by atoms with van der Waals surface area (Å²) in [5.74, 6) is -0.265. The topological polar surface area (TPSA) is 104 Å². The molecule has 0 bridgehead atoms. The molecule has 8 nitrogen and oxygen atoms in total. The number of hydrogen-bond acceptors (Lipinski definition) is 7. The molecule has 172 valence electrons. The average Bonchev–Trinajstić information content (AvgIpc) is 3.34. The van der Waals surface area contributed by atoms with Crippen LogP contribution in [0.3, 0.4) is 0 Å². The molecule has 0 aliphatic carbocycles. The lowest BCUT2D eigenvalue weighted by molar-refractivity contribution is -0.136. The van der Waals surface area contributed by atoms with E-state index < -0.39 is 17.5 Å². The van der Waals surface area contributed by atoms with Gasteiger partial charge in [0.25, 0.3) is 5.91 Å². The minimum absolute atomic E-state index is 0.0295. The number of benzene rings is 2. The quantitative estimate of drug-likeness (QED) is 0.318. The Morgan fingerprint density at radius 3 is 2.79 bits per heavy atom. The molecule has 1 atom stereocenters. The third-order valence-electron chi connectivity index (χ3n) is 5.40. The van der Waals surface area contributed by atoms with Crippen LogP contribution in [0.1, 0.15) is 35.7 Å². The van der Waals surface area contributed by atoms with Gasteiger partial charge in [0, 0.05) is 24.6 Å². The molecular weight excluding hydrogens is 426 g/mol. The maximum Gasteiger partial charge on any atom is 0.349 e. The highest BCUT2D eigenvalue weighted by atomic mass is 16.6. The Hall–Kier alpha value is -3.65. The summed E-state index contributed by atoms with van der Waals surface area (Å²) >= 11 is 0. The van der Waals surface area contributed by atoms with Crippen molar-refractivity contribution in [2.45, 2.75) is 32.3 Å². The Bertz CT molecular complexity index is 1210. The van der Waals surface area contributed by atoms with Crippen molar-refractivity contribution in [3.8, 4) is 11.5 Å². The second-order valence-corrected chi connectivity index (χ2v) is 7.72. The molecule has 1 amide bonds. The average molecular weight is 451 g/mol. The van der Waals surface area contributed by atoms with Crippen LogP contribution in [0.4, 0.5) is 0 Å². The molecule has 33 heavy (non-hydrogen) atoms. The van der Waals surface area contributed by atoms with E-state index >= 15 is 0 Å². The number of para-hydroxylation sites is 1. The summed E-state index contributed by atoms with van der Waals surface area (Å²) in [5, 5.41) is 3.24. The number of carbonyl (C=O) groups is 2. The molecule has 0 saturated carbocycles. The van der Waals surface area contributed by atoms with E-state index in [2.05, 4.69) is 5.32 Å². The molecule has 0 radical (unpaired) electrons. The first-order valence-corrected chi connectivity index (χ1v) is 10.9. The minimum atomic E-state index is -0.768. The highest BCUT2D eigenvalue weighted by Gasteiger charge is 2.19. The number of amides is 1. The molecule has 1 unspecified atom stereocenters. The Labute approximate surface area is 190 Å². The van der Waals surface area contributed by atoms with Crippen LogP contribution < -0.4 is 20.4 Å². The molecular formula is C25H25NO7. The fourth-order valence-corrected chi connectivity index (χ4v) is 3.65. The van der Waals surface area contributed by atoms with Crippen LogP contribution in [-0.4, -0.2) is 37.7 Å². The van der Waals surface area contributed by atoms with E-state index in [0.717, 1.165) is 24.8 Å². The summed E-state index contributed by atoms with van der Waals surface area (Å²) in [6.07, 6.45) is 2.59. The van der Waals surface area contributed by atoms with E-state index in [9.17, 15) is 14.4 Å². The largest absolute Gasteiger partial charge is 0.482 e. The summed E-state index contributed by atoms with van der Waals surface area (Å²) in [4.78, 5) is 37.0. The van der Waals surface area contributed by atoms with E-state index in [0.29, 0.717) is 24.3 Å². The first-order valence-electron chi connectivity index (χ1n) is 10.9. The van der Waals surface area contributed by atoms with Crippen molar-refractivity contribution in [2.75, 3.05) is 19.8 Å². The maximum absolute atomic E-state index is 12.4. The summed E-state index contributed by atoms with van der Waals surface area (Å²) in [6, 6.07) is 13.5. The zero-order chi connectivity index (χ0) is 23.2.